The molecule has 0 rings (SSSR count). The van der Waals surface area contributed by atoms with Gasteiger partial charge < -0.3 is 10.2 Å². The molecule has 0 atom stereocenters. The quantitative estimate of drug-likeness (QED) is 0.674. The van der Waals surface area contributed by atoms with Crippen molar-refractivity contribution in [3.05, 3.63) is 0 Å². The van der Waals surface area contributed by atoms with Crippen LogP contribution in [0.15, 0.2) is 0 Å². The summed E-state index contributed by atoms with van der Waals surface area (Å²) in [5, 5.41) is 18.6. The first kappa shape index (κ1) is 12.9. The average molecular weight is 189 g/mol. The lowest BCUT2D eigenvalue weighted by Crippen LogP contribution is -2.45. The third-order valence-electron chi connectivity index (χ3n) is 2.48. The zero-order valence-corrected chi connectivity index (χ0v) is 9.46. The molecule has 3 nitrogen and oxygen atoms in total. The summed E-state index contributed by atoms with van der Waals surface area (Å²) in [6.07, 6.45) is 0.715. The van der Waals surface area contributed by atoms with Crippen LogP contribution in [0, 0.1) is 0 Å². The molecule has 0 amide bonds. The summed E-state index contributed by atoms with van der Waals surface area (Å²) < 4.78 is 0. The van der Waals surface area contributed by atoms with E-state index in [4.69, 9.17) is 5.11 Å². The van der Waals surface area contributed by atoms with Gasteiger partial charge >= 0.3 is 0 Å². The van der Waals surface area contributed by atoms with E-state index in [0.717, 1.165) is 6.54 Å². The molecule has 0 bridgehead atoms. The lowest BCUT2D eigenvalue weighted by Gasteiger charge is -2.35. The van der Waals surface area contributed by atoms with E-state index in [1.165, 1.54) is 0 Å². The van der Waals surface area contributed by atoms with E-state index in [1.54, 1.807) is 13.8 Å². The summed E-state index contributed by atoms with van der Waals surface area (Å²) in [5.74, 6) is 0. The smallest absolute Gasteiger partial charge is 0.0609 e. The highest BCUT2D eigenvalue weighted by Gasteiger charge is 2.23. The van der Waals surface area contributed by atoms with Crippen LogP contribution in [0.2, 0.25) is 0 Å². The van der Waals surface area contributed by atoms with Crippen molar-refractivity contribution in [3.63, 3.8) is 0 Å². The van der Waals surface area contributed by atoms with Crippen LogP contribution >= 0.6 is 0 Å². The van der Waals surface area contributed by atoms with Gasteiger partial charge in [-0.3, -0.25) is 4.90 Å². The van der Waals surface area contributed by atoms with Gasteiger partial charge in [-0.1, -0.05) is 0 Å². The van der Waals surface area contributed by atoms with Gasteiger partial charge in [-0.15, -0.1) is 0 Å². The number of hydrogen-bond donors (Lipinski definition) is 2. The number of nitrogens with zero attached hydrogens (tertiary/aromatic N) is 1. The predicted molar refractivity (Wildman–Crippen MR) is 54.7 cm³/mol. The lowest BCUT2D eigenvalue weighted by atomic mass is 10.0. The van der Waals surface area contributed by atoms with Crippen LogP contribution in [0.3, 0.4) is 0 Å². The summed E-state index contributed by atoms with van der Waals surface area (Å²) in [5.41, 5.74) is -0.828. The highest BCUT2D eigenvalue weighted by atomic mass is 16.3. The molecule has 13 heavy (non-hydrogen) atoms. The lowest BCUT2D eigenvalue weighted by molar-refractivity contribution is 0.0299. The SMILES string of the molecule is CN(CCC(C)(C)O)C(C)(C)CO. The Morgan fingerprint density at radius 2 is 1.62 bits per heavy atom. The zero-order valence-electron chi connectivity index (χ0n) is 9.46. The first-order chi connectivity index (χ1) is 5.69. The first-order valence-electron chi connectivity index (χ1n) is 4.73. The highest BCUT2D eigenvalue weighted by molar-refractivity contribution is 4.79. The van der Waals surface area contributed by atoms with E-state index in [-0.39, 0.29) is 12.1 Å². The standard InChI is InChI=1S/C10H23NO2/c1-9(2,8-12)11(5)7-6-10(3,4)13/h12-13H,6-8H2,1-5H3. The molecular formula is C10H23NO2. The second kappa shape index (κ2) is 4.40. The van der Waals surface area contributed by atoms with E-state index >= 15 is 0 Å². The van der Waals surface area contributed by atoms with Gasteiger partial charge in [-0.2, -0.15) is 0 Å². The van der Waals surface area contributed by atoms with Crippen LogP contribution in [0.4, 0.5) is 0 Å². The Labute approximate surface area is 81.4 Å². The van der Waals surface area contributed by atoms with Gasteiger partial charge in [0, 0.05) is 12.1 Å². The molecule has 0 saturated carbocycles. The van der Waals surface area contributed by atoms with Crippen LogP contribution in [0.1, 0.15) is 34.1 Å². The minimum atomic E-state index is -0.625. The molecule has 0 aliphatic rings. The van der Waals surface area contributed by atoms with Gasteiger partial charge in [0.15, 0.2) is 0 Å². The van der Waals surface area contributed by atoms with Gasteiger partial charge in [-0.05, 0) is 41.2 Å². The molecule has 0 saturated heterocycles. The highest BCUT2D eigenvalue weighted by Crippen LogP contribution is 2.14. The van der Waals surface area contributed by atoms with Crippen LogP contribution in [0.5, 0.6) is 0 Å². The van der Waals surface area contributed by atoms with Crippen molar-refractivity contribution >= 4 is 0 Å². The van der Waals surface area contributed by atoms with E-state index in [2.05, 4.69) is 4.90 Å². The van der Waals surface area contributed by atoms with Crippen LogP contribution in [0.25, 0.3) is 0 Å². The number of aliphatic hydroxyl groups excluding tert-OH is 1. The second-order valence-corrected chi connectivity index (χ2v) is 4.95. The van der Waals surface area contributed by atoms with Crippen LogP contribution in [-0.2, 0) is 0 Å². The van der Waals surface area contributed by atoms with Crippen molar-refractivity contribution in [1.82, 2.24) is 4.90 Å². The second-order valence-electron chi connectivity index (χ2n) is 4.95. The third kappa shape index (κ3) is 5.24. The molecule has 0 aliphatic heterocycles. The molecule has 3 heteroatoms. The van der Waals surface area contributed by atoms with Crippen molar-refractivity contribution in [1.29, 1.82) is 0 Å². The van der Waals surface area contributed by atoms with E-state index < -0.39 is 5.60 Å². The Morgan fingerprint density at radius 3 is 1.92 bits per heavy atom. The molecule has 0 heterocycles. The normalized spacial score (nSPS) is 13.8. The fourth-order valence-electron chi connectivity index (χ4n) is 0.865. The Hall–Kier alpha value is -0.120. The van der Waals surface area contributed by atoms with Gasteiger partial charge in [0.2, 0.25) is 0 Å². The van der Waals surface area contributed by atoms with E-state index in [9.17, 15) is 5.11 Å². The average Bonchev–Trinajstić information content (AvgIpc) is 1.98. The van der Waals surface area contributed by atoms with Crippen molar-refractivity contribution in [3.8, 4) is 0 Å². The maximum atomic E-state index is 9.52. The van der Waals surface area contributed by atoms with E-state index in [1.807, 2.05) is 20.9 Å². The van der Waals surface area contributed by atoms with Crippen molar-refractivity contribution in [2.45, 2.75) is 45.3 Å². The largest absolute Gasteiger partial charge is 0.394 e. The molecule has 0 aromatic heterocycles. The fourth-order valence-corrected chi connectivity index (χ4v) is 0.865. The molecule has 0 aliphatic carbocycles. The summed E-state index contributed by atoms with van der Waals surface area (Å²) in [6, 6.07) is 0. The van der Waals surface area contributed by atoms with Crippen molar-refractivity contribution < 1.29 is 10.2 Å². The monoisotopic (exact) mass is 189 g/mol. The minimum Gasteiger partial charge on any atom is -0.394 e. The molecule has 0 aromatic carbocycles. The van der Waals surface area contributed by atoms with Gasteiger partial charge in [-0.25, -0.2) is 0 Å². The molecule has 0 fully saturated rings. The van der Waals surface area contributed by atoms with Gasteiger partial charge in [0.25, 0.3) is 0 Å². The maximum absolute atomic E-state index is 9.52. The van der Waals surface area contributed by atoms with E-state index in [0.29, 0.717) is 6.42 Å². The zero-order chi connectivity index (χ0) is 10.7. The van der Waals surface area contributed by atoms with Crippen LogP contribution in [-0.4, -0.2) is 46.5 Å². The number of likely N-dealkylation sites (N-methyl/N-ethyl adjacent to an activating group) is 1. The molecule has 0 spiro atoms. The Kier molecular flexibility index (Phi) is 4.36. The molecule has 0 unspecified atom stereocenters. The Balaban J connectivity index is 3.95. The Bertz CT molecular complexity index is 149. The topological polar surface area (TPSA) is 43.7 Å². The van der Waals surface area contributed by atoms with Crippen molar-refractivity contribution in [2.24, 2.45) is 0 Å². The predicted octanol–water partition coefficient (Wildman–Crippen LogP) is 0.850. The molecule has 0 aromatic rings. The van der Waals surface area contributed by atoms with Gasteiger partial charge in [0.05, 0.1) is 12.2 Å². The number of rotatable bonds is 5. The van der Waals surface area contributed by atoms with Crippen LogP contribution < -0.4 is 0 Å². The summed E-state index contributed by atoms with van der Waals surface area (Å²) in [4.78, 5) is 2.06. The first-order valence-corrected chi connectivity index (χ1v) is 4.73. The minimum absolute atomic E-state index is 0.134. The molecular weight excluding hydrogens is 166 g/mol. The fraction of sp³-hybridized carbons (Fsp3) is 1.00. The van der Waals surface area contributed by atoms with Gasteiger partial charge in [0.1, 0.15) is 0 Å². The van der Waals surface area contributed by atoms with Crippen molar-refractivity contribution in [2.75, 3.05) is 20.2 Å². The summed E-state index contributed by atoms with van der Waals surface area (Å²) in [6.45, 7) is 8.49. The molecule has 80 valence electrons. The maximum Gasteiger partial charge on any atom is 0.0609 e. The molecule has 2 N–H and O–H groups in total. The number of aliphatic hydroxyl groups is 2. The third-order valence-corrected chi connectivity index (χ3v) is 2.48. The summed E-state index contributed by atoms with van der Waals surface area (Å²) in [7, 11) is 1.96. The molecule has 0 radical (unpaired) electrons. The number of hydrogen-bond acceptors (Lipinski definition) is 3. The Morgan fingerprint density at radius 1 is 1.15 bits per heavy atom. The summed E-state index contributed by atoms with van der Waals surface area (Å²) >= 11 is 0.